The van der Waals surface area contributed by atoms with E-state index in [-0.39, 0.29) is 5.91 Å². The summed E-state index contributed by atoms with van der Waals surface area (Å²) < 4.78 is 5.65. The number of thiophene rings is 1. The summed E-state index contributed by atoms with van der Waals surface area (Å²) in [5.41, 5.74) is 4.13. The maximum Gasteiger partial charge on any atom is 0.248 e. The smallest absolute Gasteiger partial charge is 0.248 e. The largest absolute Gasteiger partial charge is 0.421 e. The first-order valence-electron chi connectivity index (χ1n) is 8.31. The van der Waals surface area contributed by atoms with Gasteiger partial charge >= 0.3 is 0 Å². The molecular formula is C19H21N3O2S. The number of aryl methyl sites for hydroxylation is 3. The lowest BCUT2D eigenvalue weighted by molar-refractivity contribution is -0.118. The molecule has 1 aromatic carbocycles. The van der Waals surface area contributed by atoms with Gasteiger partial charge in [0.25, 0.3) is 0 Å². The van der Waals surface area contributed by atoms with Crippen LogP contribution in [0.4, 0.5) is 5.69 Å². The maximum absolute atomic E-state index is 12.7. The highest BCUT2D eigenvalue weighted by atomic mass is 32.1. The molecule has 0 fully saturated rings. The van der Waals surface area contributed by atoms with Gasteiger partial charge in [-0.05, 0) is 49.4 Å². The summed E-state index contributed by atoms with van der Waals surface area (Å²) in [6.07, 6.45) is 0.782. The Hall–Kier alpha value is -2.47. The number of carbonyl (C=O) groups is 1. The fourth-order valence-electron chi connectivity index (χ4n) is 2.70. The molecule has 0 N–H and O–H groups in total. The van der Waals surface area contributed by atoms with Crippen molar-refractivity contribution in [3.63, 3.8) is 0 Å². The molecule has 2 heterocycles. The van der Waals surface area contributed by atoms with Gasteiger partial charge in [-0.15, -0.1) is 10.2 Å². The molecule has 0 atom stereocenters. The molecule has 3 rings (SSSR count). The predicted octanol–water partition coefficient (Wildman–Crippen LogP) is 4.40. The number of anilines is 1. The van der Waals surface area contributed by atoms with Crippen LogP contribution in [0.1, 0.15) is 30.4 Å². The minimum atomic E-state index is 0.0616. The number of amides is 1. The Morgan fingerprint density at radius 1 is 1.24 bits per heavy atom. The number of aromatic nitrogens is 2. The lowest BCUT2D eigenvalue weighted by Gasteiger charge is -2.23. The highest BCUT2D eigenvalue weighted by molar-refractivity contribution is 7.08. The lowest BCUT2D eigenvalue weighted by Crippen LogP contribution is -2.31. The van der Waals surface area contributed by atoms with Gasteiger partial charge < -0.3 is 9.32 Å². The molecule has 2 aromatic heterocycles. The quantitative estimate of drug-likeness (QED) is 0.657. The van der Waals surface area contributed by atoms with Crippen molar-refractivity contribution in [1.82, 2.24) is 10.2 Å². The fraction of sp³-hybridized carbons (Fsp3) is 0.316. The van der Waals surface area contributed by atoms with Crippen LogP contribution in [0.2, 0.25) is 0 Å². The van der Waals surface area contributed by atoms with Crippen LogP contribution in [0.25, 0.3) is 11.5 Å². The molecule has 0 unspecified atom stereocenters. The normalized spacial score (nSPS) is 10.8. The van der Waals surface area contributed by atoms with E-state index in [1.165, 1.54) is 0 Å². The number of carbonyl (C=O) groups excluding carboxylic acids is 1. The summed E-state index contributed by atoms with van der Waals surface area (Å²) >= 11 is 1.58. The van der Waals surface area contributed by atoms with E-state index in [0.717, 1.165) is 22.4 Å². The summed E-state index contributed by atoms with van der Waals surface area (Å²) in [6, 6.07) is 8.10. The first-order valence-corrected chi connectivity index (χ1v) is 9.25. The SMILES string of the molecule is CCN(C(=O)CCc1nnc(-c2ccsc2)o1)c1cc(C)ccc1C. The molecule has 3 aromatic rings. The molecule has 0 saturated heterocycles. The predicted molar refractivity (Wildman–Crippen MR) is 99.9 cm³/mol. The van der Waals surface area contributed by atoms with Crippen molar-refractivity contribution in [1.29, 1.82) is 0 Å². The maximum atomic E-state index is 12.7. The van der Waals surface area contributed by atoms with E-state index in [4.69, 9.17) is 4.42 Å². The first-order chi connectivity index (χ1) is 12.1. The number of benzene rings is 1. The molecule has 0 spiro atoms. The number of rotatable bonds is 6. The number of hydrogen-bond acceptors (Lipinski definition) is 5. The minimum absolute atomic E-state index is 0.0616. The summed E-state index contributed by atoms with van der Waals surface area (Å²) in [6.45, 7) is 6.68. The molecular weight excluding hydrogens is 334 g/mol. The molecule has 6 heteroatoms. The van der Waals surface area contributed by atoms with Crippen LogP contribution >= 0.6 is 11.3 Å². The average molecular weight is 355 g/mol. The summed E-state index contributed by atoms with van der Waals surface area (Å²) in [4.78, 5) is 14.5. The second-order valence-corrected chi connectivity index (χ2v) is 6.72. The van der Waals surface area contributed by atoms with Gasteiger partial charge in [-0.3, -0.25) is 4.79 Å². The second kappa shape index (κ2) is 7.61. The summed E-state index contributed by atoms with van der Waals surface area (Å²) in [7, 11) is 0. The van der Waals surface area contributed by atoms with Crippen molar-refractivity contribution >= 4 is 22.9 Å². The molecule has 0 bridgehead atoms. The highest BCUT2D eigenvalue weighted by Crippen LogP contribution is 2.23. The Kier molecular flexibility index (Phi) is 5.28. The fourth-order valence-corrected chi connectivity index (χ4v) is 3.33. The average Bonchev–Trinajstić information content (AvgIpc) is 3.27. The van der Waals surface area contributed by atoms with Crippen LogP contribution in [0, 0.1) is 13.8 Å². The second-order valence-electron chi connectivity index (χ2n) is 5.94. The van der Waals surface area contributed by atoms with Gasteiger partial charge in [0.2, 0.25) is 17.7 Å². The Bertz CT molecular complexity index is 855. The van der Waals surface area contributed by atoms with E-state index in [0.29, 0.717) is 31.2 Å². The van der Waals surface area contributed by atoms with E-state index in [1.54, 1.807) is 11.3 Å². The van der Waals surface area contributed by atoms with Crippen LogP contribution in [0.5, 0.6) is 0 Å². The van der Waals surface area contributed by atoms with E-state index in [2.05, 4.69) is 22.3 Å². The van der Waals surface area contributed by atoms with Gasteiger partial charge in [0.15, 0.2) is 0 Å². The van der Waals surface area contributed by atoms with Crippen molar-refractivity contribution in [3.8, 4) is 11.5 Å². The number of nitrogens with zero attached hydrogens (tertiary/aromatic N) is 3. The zero-order valence-corrected chi connectivity index (χ0v) is 15.5. The van der Waals surface area contributed by atoms with Crippen LogP contribution in [0.15, 0.2) is 39.4 Å². The molecule has 1 amide bonds. The third kappa shape index (κ3) is 3.96. The van der Waals surface area contributed by atoms with Crippen molar-refractivity contribution in [2.45, 2.75) is 33.6 Å². The van der Waals surface area contributed by atoms with Crippen LogP contribution in [-0.4, -0.2) is 22.6 Å². The van der Waals surface area contributed by atoms with Crippen LogP contribution in [0.3, 0.4) is 0 Å². The van der Waals surface area contributed by atoms with Crippen molar-refractivity contribution in [2.75, 3.05) is 11.4 Å². The standard InChI is InChI=1S/C19H21N3O2S/c1-4-22(16-11-13(2)5-6-14(16)3)18(23)8-7-17-20-21-19(24-17)15-9-10-25-12-15/h5-6,9-12H,4,7-8H2,1-3H3. The first kappa shape index (κ1) is 17.4. The monoisotopic (exact) mass is 355 g/mol. The Labute approximate surface area is 151 Å². The molecule has 0 saturated carbocycles. The van der Waals surface area contributed by atoms with Crippen molar-refractivity contribution in [3.05, 3.63) is 52.0 Å². The molecule has 0 aliphatic carbocycles. The van der Waals surface area contributed by atoms with Crippen LogP contribution in [-0.2, 0) is 11.2 Å². The topological polar surface area (TPSA) is 59.2 Å². The molecule has 130 valence electrons. The highest BCUT2D eigenvalue weighted by Gasteiger charge is 2.17. The van der Waals surface area contributed by atoms with Gasteiger partial charge in [0, 0.05) is 36.0 Å². The van der Waals surface area contributed by atoms with Crippen LogP contribution < -0.4 is 4.90 Å². The van der Waals surface area contributed by atoms with Gasteiger partial charge in [-0.25, -0.2) is 0 Å². The van der Waals surface area contributed by atoms with Gasteiger partial charge in [-0.1, -0.05) is 12.1 Å². The molecule has 0 aliphatic rings. The molecule has 5 nitrogen and oxygen atoms in total. The number of hydrogen-bond donors (Lipinski definition) is 0. The third-order valence-corrected chi connectivity index (χ3v) is 4.74. The zero-order chi connectivity index (χ0) is 17.8. The Morgan fingerprint density at radius 2 is 2.08 bits per heavy atom. The van der Waals surface area contributed by atoms with E-state index in [9.17, 15) is 4.79 Å². The minimum Gasteiger partial charge on any atom is -0.421 e. The summed E-state index contributed by atoms with van der Waals surface area (Å²) in [5.74, 6) is 1.06. The third-order valence-electron chi connectivity index (χ3n) is 4.06. The summed E-state index contributed by atoms with van der Waals surface area (Å²) in [5, 5.41) is 12.0. The van der Waals surface area contributed by atoms with Crippen molar-refractivity contribution < 1.29 is 9.21 Å². The Morgan fingerprint density at radius 3 is 2.80 bits per heavy atom. The molecule has 0 aliphatic heterocycles. The van der Waals surface area contributed by atoms with Gasteiger partial charge in [0.1, 0.15) is 0 Å². The van der Waals surface area contributed by atoms with E-state index < -0.39 is 0 Å². The molecule has 25 heavy (non-hydrogen) atoms. The van der Waals surface area contributed by atoms with Crippen molar-refractivity contribution in [2.24, 2.45) is 0 Å². The Balaban J connectivity index is 1.68. The van der Waals surface area contributed by atoms with E-state index >= 15 is 0 Å². The zero-order valence-electron chi connectivity index (χ0n) is 14.7. The van der Waals surface area contributed by atoms with E-state index in [1.807, 2.05) is 48.6 Å². The van der Waals surface area contributed by atoms with Gasteiger partial charge in [0.05, 0.1) is 0 Å². The molecule has 0 radical (unpaired) electrons. The van der Waals surface area contributed by atoms with Gasteiger partial charge in [-0.2, -0.15) is 11.3 Å². The lowest BCUT2D eigenvalue weighted by atomic mass is 10.1.